The molecule has 0 fully saturated rings. The van der Waals surface area contributed by atoms with Gasteiger partial charge in [0.2, 0.25) is 0 Å². The summed E-state index contributed by atoms with van der Waals surface area (Å²) in [7, 11) is 0. The number of benzene rings is 1. The molecule has 0 bridgehead atoms. The lowest BCUT2D eigenvalue weighted by Crippen LogP contribution is -2.17. The lowest BCUT2D eigenvalue weighted by Gasteiger charge is -2.10. The SMILES string of the molecule is CCCOCCOC(=O)/C(=C\c1ccccc1OC(F)F)C(C)=O. The highest BCUT2D eigenvalue weighted by Gasteiger charge is 2.18. The molecule has 0 aliphatic heterocycles. The predicted molar refractivity (Wildman–Crippen MR) is 83.8 cm³/mol. The Morgan fingerprint density at radius 2 is 1.88 bits per heavy atom. The van der Waals surface area contributed by atoms with Crippen molar-refractivity contribution in [3.63, 3.8) is 0 Å². The fraction of sp³-hybridized carbons (Fsp3) is 0.412. The quantitative estimate of drug-likeness (QED) is 0.215. The van der Waals surface area contributed by atoms with Gasteiger partial charge in [0.1, 0.15) is 17.9 Å². The number of esters is 1. The Bertz CT molecular complexity index is 584. The molecular weight excluding hydrogens is 322 g/mol. The molecule has 24 heavy (non-hydrogen) atoms. The molecule has 0 amide bonds. The molecule has 1 rings (SSSR count). The van der Waals surface area contributed by atoms with Crippen molar-refractivity contribution in [2.45, 2.75) is 26.9 Å². The van der Waals surface area contributed by atoms with Crippen molar-refractivity contribution < 1.29 is 32.6 Å². The van der Waals surface area contributed by atoms with Gasteiger partial charge in [0.25, 0.3) is 0 Å². The summed E-state index contributed by atoms with van der Waals surface area (Å²) in [5, 5.41) is 0. The monoisotopic (exact) mass is 342 g/mol. The number of ketones is 1. The Labute approximate surface area is 139 Å². The van der Waals surface area contributed by atoms with Gasteiger partial charge in [-0.2, -0.15) is 8.78 Å². The van der Waals surface area contributed by atoms with Gasteiger partial charge >= 0.3 is 12.6 Å². The van der Waals surface area contributed by atoms with E-state index >= 15 is 0 Å². The lowest BCUT2D eigenvalue weighted by atomic mass is 10.1. The zero-order valence-electron chi connectivity index (χ0n) is 13.6. The van der Waals surface area contributed by atoms with Crippen LogP contribution in [-0.2, 0) is 19.1 Å². The summed E-state index contributed by atoms with van der Waals surface area (Å²) in [6.45, 7) is 0.890. The number of hydrogen-bond acceptors (Lipinski definition) is 5. The molecule has 0 radical (unpaired) electrons. The van der Waals surface area contributed by atoms with Crippen molar-refractivity contribution in [3.8, 4) is 5.75 Å². The average molecular weight is 342 g/mol. The van der Waals surface area contributed by atoms with E-state index in [4.69, 9.17) is 9.47 Å². The van der Waals surface area contributed by atoms with Crippen LogP contribution >= 0.6 is 0 Å². The molecule has 5 nitrogen and oxygen atoms in total. The summed E-state index contributed by atoms with van der Waals surface area (Å²) in [6.07, 6.45) is 2.02. The maximum absolute atomic E-state index is 12.4. The van der Waals surface area contributed by atoms with Crippen LogP contribution in [0.2, 0.25) is 0 Å². The van der Waals surface area contributed by atoms with Crippen LogP contribution in [0.5, 0.6) is 5.75 Å². The van der Waals surface area contributed by atoms with Crippen LogP contribution in [0, 0.1) is 0 Å². The van der Waals surface area contributed by atoms with Gasteiger partial charge < -0.3 is 14.2 Å². The second kappa shape index (κ2) is 10.5. The molecule has 0 heterocycles. The summed E-state index contributed by atoms with van der Waals surface area (Å²) in [6, 6.07) is 5.86. The minimum Gasteiger partial charge on any atom is -0.460 e. The molecule has 0 N–H and O–H groups in total. The van der Waals surface area contributed by atoms with Gasteiger partial charge in [-0.15, -0.1) is 0 Å². The maximum Gasteiger partial charge on any atom is 0.387 e. The first-order valence-electron chi connectivity index (χ1n) is 7.47. The smallest absolute Gasteiger partial charge is 0.387 e. The number of halogens is 2. The number of alkyl halides is 2. The first kappa shape index (κ1) is 19.8. The van der Waals surface area contributed by atoms with Crippen molar-refractivity contribution in [2.75, 3.05) is 19.8 Å². The average Bonchev–Trinajstić information content (AvgIpc) is 2.52. The number of Topliss-reactive ketones (excluding diaryl/α,β-unsaturated/α-hetero) is 1. The summed E-state index contributed by atoms with van der Waals surface area (Å²) in [5.41, 5.74) is -0.0713. The molecule has 132 valence electrons. The van der Waals surface area contributed by atoms with Crippen LogP contribution in [0.1, 0.15) is 25.8 Å². The zero-order valence-corrected chi connectivity index (χ0v) is 13.6. The molecule has 0 aliphatic carbocycles. The Balaban J connectivity index is 2.86. The topological polar surface area (TPSA) is 61.8 Å². The third kappa shape index (κ3) is 6.87. The number of hydrogen-bond donors (Lipinski definition) is 0. The first-order chi connectivity index (χ1) is 11.5. The number of para-hydroxylation sites is 1. The van der Waals surface area contributed by atoms with Gasteiger partial charge in [0.15, 0.2) is 5.78 Å². The Morgan fingerprint density at radius 1 is 1.17 bits per heavy atom. The minimum atomic E-state index is -3.01. The predicted octanol–water partition coefficient (Wildman–Crippen LogP) is 3.23. The third-order valence-corrected chi connectivity index (χ3v) is 2.84. The molecule has 0 atom stereocenters. The summed E-state index contributed by atoms with van der Waals surface area (Å²) in [5.74, 6) is -1.51. The van der Waals surface area contributed by atoms with E-state index in [1.807, 2.05) is 6.92 Å². The van der Waals surface area contributed by atoms with Crippen LogP contribution in [0.15, 0.2) is 29.8 Å². The van der Waals surface area contributed by atoms with Crippen LogP contribution in [0.25, 0.3) is 6.08 Å². The van der Waals surface area contributed by atoms with E-state index in [1.54, 1.807) is 6.07 Å². The third-order valence-electron chi connectivity index (χ3n) is 2.84. The van der Waals surface area contributed by atoms with E-state index in [0.717, 1.165) is 6.42 Å². The lowest BCUT2D eigenvalue weighted by molar-refractivity contribution is -0.141. The highest BCUT2D eigenvalue weighted by atomic mass is 19.3. The minimum absolute atomic E-state index is 0.00135. The molecule has 0 aromatic heterocycles. The van der Waals surface area contributed by atoms with Crippen molar-refractivity contribution in [1.82, 2.24) is 0 Å². The Hall–Kier alpha value is -2.28. The highest BCUT2D eigenvalue weighted by molar-refractivity contribution is 6.19. The molecule has 1 aromatic carbocycles. The zero-order chi connectivity index (χ0) is 17.9. The molecule has 0 spiro atoms. The second-order valence-electron chi connectivity index (χ2n) is 4.78. The molecule has 7 heteroatoms. The van der Waals surface area contributed by atoms with Crippen LogP contribution in [0.3, 0.4) is 0 Å². The van der Waals surface area contributed by atoms with E-state index in [2.05, 4.69) is 4.74 Å². The van der Waals surface area contributed by atoms with Crippen LogP contribution in [0.4, 0.5) is 8.78 Å². The molecule has 0 saturated carbocycles. The second-order valence-corrected chi connectivity index (χ2v) is 4.78. The highest BCUT2D eigenvalue weighted by Crippen LogP contribution is 2.23. The normalized spacial score (nSPS) is 11.5. The summed E-state index contributed by atoms with van der Waals surface area (Å²) in [4.78, 5) is 23.7. The van der Waals surface area contributed by atoms with Gasteiger partial charge in [-0.25, -0.2) is 4.79 Å². The van der Waals surface area contributed by atoms with Crippen molar-refractivity contribution in [2.24, 2.45) is 0 Å². The number of carbonyl (C=O) groups is 2. The Morgan fingerprint density at radius 3 is 2.50 bits per heavy atom. The number of rotatable bonds is 10. The first-order valence-corrected chi connectivity index (χ1v) is 7.47. The number of carbonyl (C=O) groups excluding carboxylic acids is 2. The van der Waals surface area contributed by atoms with Crippen molar-refractivity contribution >= 4 is 17.8 Å². The molecule has 0 aliphatic rings. The van der Waals surface area contributed by atoms with Gasteiger partial charge in [-0.05, 0) is 25.5 Å². The van der Waals surface area contributed by atoms with Crippen molar-refractivity contribution in [3.05, 3.63) is 35.4 Å². The van der Waals surface area contributed by atoms with Gasteiger partial charge in [0.05, 0.1) is 6.61 Å². The van der Waals surface area contributed by atoms with Gasteiger partial charge in [-0.1, -0.05) is 25.1 Å². The number of ether oxygens (including phenoxy) is 3. The van der Waals surface area contributed by atoms with Crippen LogP contribution < -0.4 is 4.74 Å². The van der Waals surface area contributed by atoms with Gasteiger partial charge in [-0.3, -0.25) is 4.79 Å². The van der Waals surface area contributed by atoms with E-state index in [1.165, 1.54) is 31.2 Å². The largest absolute Gasteiger partial charge is 0.460 e. The van der Waals surface area contributed by atoms with Gasteiger partial charge in [0, 0.05) is 12.2 Å². The van der Waals surface area contributed by atoms with Crippen molar-refractivity contribution in [1.29, 1.82) is 0 Å². The summed E-state index contributed by atoms with van der Waals surface area (Å²) >= 11 is 0. The van der Waals surface area contributed by atoms with E-state index in [9.17, 15) is 18.4 Å². The summed E-state index contributed by atoms with van der Waals surface area (Å²) < 4.78 is 39.3. The molecule has 0 unspecified atom stereocenters. The molecule has 0 saturated heterocycles. The van der Waals surface area contributed by atoms with E-state index < -0.39 is 18.4 Å². The van der Waals surface area contributed by atoms with Crippen LogP contribution in [-0.4, -0.2) is 38.2 Å². The fourth-order valence-electron chi connectivity index (χ4n) is 1.78. The molecule has 1 aromatic rings. The fourth-order valence-corrected chi connectivity index (χ4v) is 1.78. The maximum atomic E-state index is 12.4. The van der Waals surface area contributed by atoms with E-state index in [0.29, 0.717) is 6.61 Å². The Kier molecular flexibility index (Phi) is 8.64. The standard InChI is InChI=1S/C17H20F2O5/c1-3-8-22-9-10-23-16(21)14(12(2)20)11-13-6-4-5-7-15(13)24-17(18)19/h4-7,11,17H,3,8-10H2,1-2H3/b14-11-. The molecular formula is C17H20F2O5. The van der Waals surface area contributed by atoms with E-state index in [-0.39, 0.29) is 30.1 Å².